The molecular formula is C13H22F2N2O7. The predicted molar refractivity (Wildman–Crippen MR) is 75.4 cm³/mol. The number of hydrogen-bond acceptors (Lipinski definition) is 7. The number of ether oxygens (including phenoxy) is 1. The van der Waals surface area contributed by atoms with E-state index in [1.54, 1.807) is 6.92 Å². The van der Waals surface area contributed by atoms with E-state index in [-0.39, 0.29) is 6.54 Å². The van der Waals surface area contributed by atoms with E-state index in [9.17, 15) is 28.6 Å². The molecule has 24 heavy (non-hydrogen) atoms. The largest absolute Gasteiger partial charge is 0.477 e. The number of aliphatic hydroxyl groups excluding tert-OH is 3. The topological polar surface area (TPSA) is 148 Å². The van der Waals surface area contributed by atoms with Crippen LogP contribution in [-0.4, -0.2) is 87.9 Å². The van der Waals surface area contributed by atoms with Crippen molar-refractivity contribution in [2.24, 2.45) is 0 Å². The Labute approximate surface area is 136 Å². The highest BCUT2D eigenvalue weighted by Crippen LogP contribution is 2.35. The van der Waals surface area contributed by atoms with Gasteiger partial charge in [0.15, 0.2) is 6.17 Å². The Morgan fingerprint density at radius 1 is 1.33 bits per heavy atom. The van der Waals surface area contributed by atoms with Crippen LogP contribution in [0.3, 0.4) is 0 Å². The van der Waals surface area contributed by atoms with Crippen LogP contribution in [0.1, 0.15) is 13.8 Å². The van der Waals surface area contributed by atoms with Gasteiger partial charge in [-0.3, -0.25) is 4.79 Å². The van der Waals surface area contributed by atoms with Gasteiger partial charge in [-0.1, -0.05) is 6.92 Å². The number of alkyl halides is 2. The van der Waals surface area contributed by atoms with Gasteiger partial charge in [0.1, 0.15) is 18.3 Å². The third-order valence-electron chi connectivity index (χ3n) is 3.74. The number of likely N-dealkylation sites (N-methyl/N-ethyl adjacent to an activating group) is 1. The van der Waals surface area contributed by atoms with Crippen LogP contribution in [0.4, 0.5) is 8.78 Å². The fraction of sp³-hybridized carbons (Fsp3) is 0.846. The van der Waals surface area contributed by atoms with E-state index in [1.165, 1.54) is 0 Å². The third-order valence-corrected chi connectivity index (χ3v) is 3.74. The normalized spacial score (nSPS) is 36.0. The Balaban J connectivity index is 3.31. The fourth-order valence-electron chi connectivity index (χ4n) is 2.60. The van der Waals surface area contributed by atoms with Crippen molar-refractivity contribution >= 4 is 11.9 Å². The summed E-state index contributed by atoms with van der Waals surface area (Å²) in [4.78, 5) is 22.5. The predicted octanol–water partition coefficient (Wildman–Crippen LogP) is -2.33. The van der Waals surface area contributed by atoms with Crippen molar-refractivity contribution in [1.82, 2.24) is 10.6 Å². The summed E-state index contributed by atoms with van der Waals surface area (Å²) in [6, 6.07) is -2.95. The molecule has 0 aromatic carbocycles. The summed E-state index contributed by atoms with van der Waals surface area (Å²) < 4.78 is 33.6. The Morgan fingerprint density at radius 2 is 1.92 bits per heavy atom. The first-order valence-corrected chi connectivity index (χ1v) is 7.31. The Hall–Kier alpha value is -1.40. The smallest absolute Gasteiger partial charge is 0.372 e. The van der Waals surface area contributed by atoms with E-state index < -0.39 is 60.9 Å². The van der Waals surface area contributed by atoms with Crippen LogP contribution in [0.2, 0.25) is 0 Å². The van der Waals surface area contributed by atoms with Crippen molar-refractivity contribution in [3.8, 4) is 0 Å². The van der Waals surface area contributed by atoms with E-state index in [0.717, 1.165) is 6.92 Å². The van der Waals surface area contributed by atoms with E-state index in [0.29, 0.717) is 0 Å². The number of carbonyl (C=O) groups is 2. The van der Waals surface area contributed by atoms with Crippen LogP contribution in [-0.2, 0) is 14.3 Å². The summed E-state index contributed by atoms with van der Waals surface area (Å²) in [7, 11) is 0. The zero-order valence-corrected chi connectivity index (χ0v) is 13.1. The number of amides is 1. The molecule has 1 amide bonds. The van der Waals surface area contributed by atoms with Crippen molar-refractivity contribution < 1.29 is 43.5 Å². The zero-order valence-electron chi connectivity index (χ0n) is 13.1. The highest BCUT2D eigenvalue weighted by atomic mass is 19.2. The first-order valence-electron chi connectivity index (χ1n) is 7.31. The Kier molecular flexibility index (Phi) is 6.98. The van der Waals surface area contributed by atoms with E-state index in [2.05, 4.69) is 15.4 Å². The van der Waals surface area contributed by atoms with E-state index in [4.69, 9.17) is 10.2 Å². The molecule has 11 heteroatoms. The number of carboxylic acids is 1. The molecule has 0 aromatic heterocycles. The number of aliphatic hydroxyl groups is 3. The molecule has 0 radical (unpaired) electrons. The highest BCUT2D eigenvalue weighted by molar-refractivity contribution is 5.77. The molecule has 1 heterocycles. The summed E-state index contributed by atoms with van der Waals surface area (Å²) in [6.07, 6.45) is -8.33. The van der Waals surface area contributed by atoms with Gasteiger partial charge in [-0.05, 0) is 6.54 Å². The number of hydrogen-bond donors (Lipinski definition) is 6. The standard InChI is InChI=1S/C13H22F2N2O7/c1-3-16-8-7(17-5(2)19)10(9(21)6(20)4-18)24-13(15,11(8)14)12(22)23/h6-11,16,18,20-21H,3-4H2,1-2H3,(H,17,19)(H,22,23). The number of rotatable bonds is 7. The second-order valence-corrected chi connectivity index (χ2v) is 5.48. The molecular weight excluding hydrogens is 334 g/mol. The monoisotopic (exact) mass is 356 g/mol. The minimum Gasteiger partial charge on any atom is -0.477 e. The van der Waals surface area contributed by atoms with Crippen molar-refractivity contribution in [3.05, 3.63) is 0 Å². The van der Waals surface area contributed by atoms with Gasteiger partial charge in [0, 0.05) is 6.92 Å². The lowest BCUT2D eigenvalue weighted by Gasteiger charge is -2.47. The van der Waals surface area contributed by atoms with Crippen LogP contribution < -0.4 is 10.6 Å². The molecule has 0 saturated carbocycles. The summed E-state index contributed by atoms with van der Waals surface area (Å²) in [6.45, 7) is 1.78. The molecule has 140 valence electrons. The summed E-state index contributed by atoms with van der Waals surface area (Å²) in [5, 5.41) is 42.2. The minimum atomic E-state index is -3.80. The molecule has 6 N–H and O–H groups in total. The van der Waals surface area contributed by atoms with Crippen LogP contribution in [0, 0.1) is 0 Å². The SMILES string of the molecule is CCNC1C(NC(C)=O)C(C(O)C(O)CO)OC(F)(C(=O)O)C1F. The maximum absolute atomic E-state index is 14.5. The van der Waals surface area contributed by atoms with Crippen molar-refractivity contribution in [1.29, 1.82) is 0 Å². The minimum absolute atomic E-state index is 0.0994. The maximum Gasteiger partial charge on any atom is 0.372 e. The second-order valence-electron chi connectivity index (χ2n) is 5.48. The number of nitrogens with one attached hydrogen (secondary N) is 2. The summed E-state index contributed by atoms with van der Waals surface area (Å²) >= 11 is 0. The van der Waals surface area contributed by atoms with E-state index >= 15 is 0 Å². The second kappa shape index (κ2) is 8.12. The van der Waals surface area contributed by atoms with Gasteiger partial charge >= 0.3 is 11.8 Å². The fourth-order valence-corrected chi connectivity index (χ4v) is 2.60. The lowest BCUT2D eigenvalue weighted by molar-refractivity contribution is -0.278. The van der Waals surface area contributed by atoms with Gasteiger partial charge in [-0.25, -0.2) is 9.18 Å². The number of halogens is 2. The van der Waals surface area contributed by atoms with E-state index in [1.807, 2.05) is 0 Å². The van der Waals surface area contributed by atoms with Crippen molar-refractivity contribution in [3.63, 3.8) is 0 Å². The van der Waals surface area contributed by atoms with Gasteiger partial charge < -0.3 is 35.8 Å². The van der Waals surface area contributed by atoms with Gasteiger partial charge in [0.25, 0.3) is 0 Å². The quantitative estimate of drug-likeness (QED) is 0.298. The molecule has 7 unspecified atom stereocenters. The molecule has 1 rings (SSSR count). The Bertz CT molecular complexity index is 470. The first kappa shape index (κ1) is 20.6. The van der Waals surface area contributed by atoms with Crippen molar-refractivity contribution in [2.45, 2.75) is 56.3 Å². The molecule has 7 atom stereocenters. The number of aliphatic carboxylic acids is 1. The molecule has 1 aliphatic rings. The van der Waals surface area contributed by atoms with Gasteiger partial charge in [-0.15, -0.1) is 0 Å². The summed E-state index contributed by atoms with van der Waals surface area (Å²) in [5.74, 6) is -6.73. The highest BCUT2D eigenvalue weighted by Gasteiger charge is 2.62. The first-order chi connectivity index (χ1) is 11.1. The Morgan fingerprint density at radius 3 is 2.33 bits per heavy atom. The number of carboxylic acid groups (broad SMARTS) is 1. The molecule has 1 fully saturated rings. The average Bonchev–Trinajstić information content (AvgIpc) is 2.52. The molecule has 0 aliphatic carbocycles. The van der Waals surface area contributed by atoms with Crippen LogP contribution in [0.15, 0.2) is 0 Å². The molecule has 9 nitrogen and oxygen atoms in total. The zero-order chi connectivity index (χ0) is 18.7. The average molecular weight is 356 g/mol. The molecule has 0 aromatic rings. The summed E-state index contributed by atoms with van der Waals surface area (Å²) in [5.41, 5.74) is 0. The lowest BCUT2D eigenvalue weighted by Crippen LogP contribution is -2.74. The molecule has 1 aliphatic heterocycles. The van der Waals surface area contributed by atoms with Gasteiger partial charge in [0.2, 0.25) is 5.91 Å². The molecule has 0 bridgehead atoms. The van der Waals surface area contributed by atoms with Crippen molar-refractivity contribution in [2.75, 3.05) is 13.2 Å². The van der Waals surface area contributed by atoms with Gasteiger partial charge in [-0.2, -0.15) is 4.39 Å². The van der Waals surface area contributed by atoms with Crippen LogP contribution in [0.25, 0.3) is 0 Å². The van der Waals surface area contributed by atoms with Gasteiger partial charge in [0.05, 0.1) is 18.7 Å². The molecule has 1 saturated heterocycles. The molecule has 0 spiro atoms. The lowest BCUT2D eigenvalue weighted by atomic mass is 9.86. The third kappa shape index (κ3) is 3.98. The number of carbonyl (C=O) groups excluding carboxylic acids is 1. The van der Waals surface area contributed by atoms with Crippen LogP contribution in [0.5, 0.6) is 0 Å². The maximum atomic E-state index is 14.5. The van der Waals surface area contributed by atoms with Crippen LogP contribution >= 0.6 is 0 Å².